The Morgan fingerprint density at radius 3 is 2.29 bits per heavy atom. The van der Waals surface area contributed by atoms with Crippen molar-refractivity contribution in [2.45, 2.75) is 30.8 Å². The van der Waals surface area contributed by atoms with Gasteiger partial charge >= 0.3 is 0 Å². The monoisotopic (exact) mass is 376 g/mol. The Bertz CT molecular complexity index is 617. The Labute approximate surface area is 140 Å². The summed E-state index contributed by atoms with van der Waals surface area (Å²) in [5.41, 5.74) is 0. The molecule has 1 heterocycles. The third kappa shape index (κ3) is 3.81. The fourth-order valence-corrected chi connectivity index (χ4v) is 4.66. The van der Waals surface area contributed by atoms with E-state index in [2.05, 4.69) is 5.32 Å². The number of hydrogen-bond donors (Lipinski definition) is 1. The van der Waals surface area contributed by atoms with E-state index in [9.17, 15) is 12.8 Å². The molecule has 1 N–H and O–H groups in total. The molecule has 1 aromatic rings. The van der Waals surface area contributed by atoms with E-state index in [1.165, 1.54) is 16.4 Å². The largest absolute Gasteiger partial charge is 0.309 e. The Morgan fingerprint density at radius 2 is 1.76 bits per heavy atom. The Hall–Kier alpha value is -0.110. The van der Waals surface area contributed by atoms with Gasteiger partial charge in [0, 0.05) is 25.2 Å². The van der Waals surface area contributed by atoms with Crippen LogP contribution in [0.15, 0.2) is 17.0 Å². The van der Waals surface area contributed by atoms with Crippen LogP contribution in [0.2, 0.25) is 10.0 Å². The minimum absolute atomic E-state index is 0. The minimum Gasteiger partial charge on any atom is -0.309 e. The van der Waals surface area contributed by atoms with Crippen molar-refractivity contribution in [1.82, 2.24) is 9.62 Å². The maximum Gasteiger partial charge on any atom is 0.244 e. The molecule has 1 saturated heterocycles. The van der Waals surface area contributed by atoms with Crippen molar-refractivity contribution in [1.29, 1.82) is 0 Å². The van der Waals surface area contributed by atoms with Gasteiger partial charge in [-0.2, -0.15) is 4.31 Å². The first-order chi connectivity index (χ1) is 9.23. The molecule has 2 rings (SSSR count). The molecule has 0 bridgehead atoms. The minimum atomic E-state index is -3.84. The van der Waals surface area contributed by atoms with Crippen molar-refractivity contribution in [3.8, 4) is 0 Å². The first kappa shape index (κ1) is 18.9. The molecule has 1 aliphatic heterocycles. The normalized spacial score (nSPS) is 23.7. The number of halogens is 4. The topological polar surface area (TPSA) is 49.4 Å². The molecule has 0 spiro atoms. The van der Waals surface area contributed by atoms with E-state index in [1.54, 1.807) is 0 Å². The molecular formula is C12H16Cl3FN2O2S. The van der Waals surface area contributed by atoms with Crippen LogP contribution >= 0.6 is 35.6 Å². The summed E-state index contributed by atoms with van der Waals surface area (Å²) in [6.07, 6.45) is 0. The molecule has 2 unspecified atom stereocenters. The SMILES string of the molecule is CC1CN(S(=O)(=O)c2ccc(Cl)c(F)c2Cl)CC(C)N1.Cl. The van der Waals surface area contributed by atoms with Crippen molar-refractivity contribution in [3.05, 3.63) is 28.0 Å². The summed E-state index contributed by atoms with van der Waals surface area (Å²) < 4.78 is 40.1. The van der Waals surface area contributed by atoms with Crippen molar-refractivity contribution in [3.63, 3.8) is 0 Å². The van der Waals surface area contributed by atoms with Gasteiger partial charge in [-0.15, -0.1) is 12.4 Å². The lowest BCUT2D eigenvalue weighted by molar-refractivity contribution is 0.263. The molecule has 0 radical (unpaired) electrons. The van der Waals surface area contributed by atoms with Crippen LogP contribution in [0.3, 0.4) is 0 Å². The molecule has 0 saturated carbocycles. The number of hydrogen-bond acceptors (Lipinski definition) is 3. The number of piperazine rings is 1. The average molecular weight is 378 g/mol. The fourth-order valence-electron chi connectivity index (χ4n) is 2.32. The van der Waals surface area contributed by atoms with Gasteiger partial charge in [0.1, 0.15) is 4.90 Å². The van der Waals surface area contributed by atoms with E-state index in [4.69, 9.17) is 23.2 Å². The van der Waals surface area contributed by atoms with Crippen LogP contribution in [-0.2, 0) is 10.0 Å². The van der Waals surface area contributed by atoms with Crippen LogP contribution in [-0.4, -0.2) is 37.9 Å². The standard InChI is InChI=1S/C12H15Cl2FN2O2S.ClH/c1-7-5-17(6-8(2)16-7)20(18,19)10-4-3-9(13)12(15)11(10)14;/h3-4,7-8,16H,5-6H2,1-2H3;1H. The molecule has 4 nitrogen and oxygen atoms in total. The molecule has 2 atom stereocenters. The highest BCUT2D eigenvalue weighted by Gasteiger charge is 2.33. The summed E-state index contributed by atoms with van der Waals surface area (Å²) in [6, 6.07) is 2.47. The lowest BCUT2D eigenvalue weighted by atomic mass is 10.2. The zero-order valence-corrected chi connectivity index (χ0v) is 14.6. The van der Waals surface area contributed by atoms with E-state index in [0.29, 0.717) is 13.1 Å². The van der Waals surface area contributed by atoms with Crippen LogP contribution in [0, 0.1) is 5.82 Å². The first-order valence-corrected chi connectivity index (χ1v) is 8.32. The summed E-state index contributed by atoms with van der Waals surface area (Å²) in [5, 5.41) is 2.57. The van der Waals surface area contributed by atoms with Crippen LogP contribution in [0.1, 0.15) is 13.8 Å². The number of sulfonamides is 1. The fraction of sp³-hybridized carbons (Fsp3) is 0.500. The second-order valence-corrected chi connectivity index (χ2v) is 7.66. The number of nitrogens with zero attached hydrogens (tertiary/aromatic N) is 1. The predicted molar refractivity (Wildman–Crippen MR) is 84.5 cm³/mol. The van der Waals surface area contributed by atoms with Gasteiger partial charge in [-0.3, -0.25) is 0 Å². The van der Waals surface area contributed by atoms with E-state index in [0.717, 1.165) is 0 Å². The second kappa shape index (κ2) is 6.98. The highest BCUT2D eigenvalue weighted by atomic mass is 35.5. The third-order valence-electron chi connectivity index (χ3n) is 3.14. The van der Waals surface area contributed by atoms with Gasteiger partial charge in [-0.1, -0.05) is 23.2 Å². The van der Waals surface area contributed by atoms with E-state index in [-0.39, 0.29) is 34.4 Å². The van der Waals surface area contributed by atoms with Crippen LogP contribution < -0.4 is 5.32 Å². The number of benzene rings is 1. The second-order valence-electron chi connectivity index (χ2n) is 4.96. The zero-order chi connectivity index (χ0) is 15.1. The molecule has 1 aromatic carbocycles. The van der Waals surface area contributed by atoms with Crippen molar-refractivity contribution >= 4 is 45.6 Å². The molecule has 120 valence electrons. The third-order valence-corrected chi connectivity index (χ3v) is 5.79. The Morgan fingerprint density at radius 1 is 1.24 bits per heavy atom. The van der Waals surface area contributed by atoms with E-state index < -0.39 is 20.9 Å². The van der Waals surface area contributed by atoms with Crippen LogP contribution in [0.4, 0.5) is 4.39 Å². The smallest absolute Gasteiger partial charge is 0.244 e. The predicted octanol–water partition coefficient (Wildman–Crippen LogP) is 2.93. The van der Waals surface area contributed by atoms with Gasteiger partial charge in [-0.25, -0.2) is 12.8 Å². The molecule has 9 heteroatoms. The Balaban J connectivity index is 0.00000220. The summed E-state index contributed by atoms with van der Waals surface area (Å²) in [7, 11) is -3.84. The zero-order valence-electron chi connectivity index (χ0n) is 11.4. The van der Waals surface area contributed by atoms with E-state index >= 15 is 0 Å². The molecule has 0 aliphatic carbocycles. The highest BCUT2D eigenvalue weighted by Crippen LogP contribution is 2.31. The van der Waals surface area contributed by atoms with Crippen molar-refractivity contribution in [2.75, 3.05) is 13.1 Å². The first-order valence-electron chi connectivity index (χ1n) is 6.13. The van der Waals surface area contributed by atoms with Crippen molar-refractivity contribution < 1.29 is 12.8 Å². The summed E-state index contributed by atoms with van der Waals surface area (Å²) in [6.45, 7) is 4.41. The van der Waals surface area contributed by atoms with Crippen molar-refractivity contribution in [2.24, 2.45) is 0 Å². The maximum absolute atomic E-state index is 13.7. The van der Waals surface area contributed by atoms with Crippen LogP contribution in [0.5, 0.6) is 0 Å². The highest BCUT2D eigenvalue weighted by molar-refractivity contribution is 7.89. The average Bonchev–Trinajstić information content (AvgIpc) is 2.34. The Kier molecular flexibility index (Phi) is 6.29. The summed E-state index contributed by atoms with van der Waals surface area (Å²) in [5.74, 6) is -0.911. The molecule has 0 aromatic heterocycles. The molecule has 1 fully saturated rings. The lowest BCUT2D eigenvalue weighted by Crippen LogP contribution is -2.55. The van der Waals surface area contributed by atoms with Gasteiger partial charge in [0.15, 0.2) is 5.82 Å². The summed E-state index contributed by atoms with van der Waals surface area (Å²) >= 11 is 11.4. The molecule has 21 heavy (non-hydrogen) atoms. The molecule has 0 amide bonds. The lowest BCUT2D eigenvalue weighted by Gasteiger charge is -2.35. The number of nitrogens with one attached hydrogen (secondary N) is 1. The molecular weight excluding hydrogens is 362 g/mol. The molecule has 1 aliphatic rings. The quantitative estimate of drug-likeness (QED) is 0.806. The number of rotatable bonds is 2. The maximum atomic E-state index is 13.7. The summed E-state index contributed by atoms with van der Waals surface area (Å²) in [4.78, 5) is -0.248. The van der Waals surface area contributed by atoms with Gasteiger partial charge in [0.2, 0.25) is 10.0 Å². The van der Waals surface area contributed by atoms with Gasteiger partial charge in [-0.05, 0) is 26.0 Å². The van der Waals surface area contributed by atoms with Gasteiger partial charge < -0.3 is 5.32 Å². The van der Waals surface area contributed by atoms with E-state index in [1.807, 2.05) is 13.8 Å². The van der Waals surface area contributed by atoms with Gasteiger partial charge in [0.05, 0.1) is 10.0 Å². The van der Waals surface area contributed by atoms with Crippen LogP contribution in [0.25, 0.3) is 0 Å². The van der Waals surface area contributed by atoms with Gasteiger partial charge in [0.25, 0.3) is 0 Å².